The van der Waals surface area contributed by atoms with Crippen molar-refractivity contribution < 1.29 is 0 Å². The predicted octanol–water partition coefficient (Wildman–Crippen LogP) is 0.531. The standard InChI is InChI=1S/C10H17N5/c1-7-9(11)6-13-10(14-7)15-8-2-4-12-5-3-8/h6,8,12H,2-5,11H2,1H3,(H,13,14,15). The number of rotatable bonds is 2. The topological polar surface area (TPSA) is 75.9 Å². The van der Waals surface area contributed by atoms with Crippen molar-refractivity contribution in [3.05, 3.63) is 11.9 Å². The van der Waals surface area contributed by atoms with Gasteiger partial charge in [0.25, 0.3) is 0 Å². The quantitative estimate of drug-likeness (QED) is 0.659. The molecule has 1 aromatic rings. The van der Waals surface area contributed by atoms with Crippen molar-refractivity contribution in [2.24, 2.45) is 0 Å². The summed E-state index contributed by atoms with van der Waals surface area (Å²) in [5.74, 6) is 0.689. The third-order valence-corrected chi connectivity index (χ3v) is 2.69. The van der Waals surface area contributed by atoms with E-state index in [-0.39, 0.29) is 0 Å². The summed E-state index contributed by atoms with van der Waals surface area (Å²) in [6, 6.07) is 0.481. The smallest absolute Gasteiger partial charge is 0.223 e. The lowest BCUT2D eigenvalue weighted by Crippen LogP contribution is -2.35. The Hall–Kier alpha value is -1.36. The van der Waals surface area contributed by atoms with Crippen molar-refractivity contribution in [3.8, 4) is 0 Å². The zero-order chi connectivity index (χ0) is 10.7. The molecule has 0 atom stereocenters. The molecule has 82 valence electrons. The van der Waals surface area contributed by atoms with Gasteiger partial charge in [0.05, 0.1) is 17.6 Å². The van der Waals surface area contributed by atoms with Crippen LogP contribution in [0.2, 0.25) is 0 Å². The van der Waals surface area contributed by atoms with Crippen LogP contribution >= 0.6 is 0 Å². The molecule has 1 aliphatic heterocycles. The molecule has 1 aromatic heterocycles. The fourth-order valence-corrected chi connectivity index (χ4v) is 1.69. The summed E-state index contributed by atoms with van der Waals surface area (Å²) in [5, 5.41) is 6.65. The fourth-order valence-electron chi connectivity index (χ4n) is 1.69. The second kappa shape index (κ2) is 4.44. The highest BCUT2D eigenvalue weighted by Gasteiger charge is 2.13. The summed E-state index contributed by atoms with van der Waals surface area (Å²) in [4.78, 5) is 8.46. The van der Waals surface area contributed by atoms with Crippen LogP contribution in [-0.2, 0) is 0 Å². The Labute approximate surface area is 89.5 Å². The van der Waals surface area contributed by atoms with Gasteiger partial charge in [-0.05, 0) is 32.9 Å². The summed E-state index contributed by atoms with van der Waals surface area (Å²) in [5.41, 5.74) is 7.14. The Morgan fingerprint density at radius 2 is 2.20 bits per heavy atom. The van der Waals surface area contributed by atoms with Crippen LogP contribution in [0.3, 0.4) is 0 Å². The van der Waals surface area contributed by atoms with Gasteiger partial charge < -0.3 is 16.4 Å². The van der Waals surface area contributed by atoms with E-state index < -0.39 is 0 Å². The first-order valence-electron chi connectivity index (χ1n) is 5.32. The van der Waals surface area contributed by atoms with E-state index in [9.17, 15) is 0 Å². The van der Waals surface area contributed by atoms with E-state index in [4.69, 9.17) is 5.73 Å². The van der Waals surface area contributed by atoms with Crippen LogP contribution in [-0.4, -0.2) is 29.1 Å². The molecule has 0 bridgehead atoms. The average Bonchev–Trinajstić information content (AvgIpc) is 2.25. The molecule has 2 heterocycles. The Bertz CT molecular complexity index is 333. The number of piperidine rings is 1. The Kier molecular flexibility index (Phi) is 3.01. The normalized spacial score (nSPS) is 17.7. The number of hydrogen-bond acceptors (Lipinski definition) is 5. The minimum absolute atomic E-state index is 0.481. The van der Waals surface area contributed by atoms with Gasteiger partial charge >= 0.3 is 0 Å². The molecule has 1 aliphatic rings. The molecule has 0 aromatic carbocycles. The van der Waals surface area contributed by atoms with Crippen LogP contribution in [0.1, 0.15) is 18.5 Å². The monoisotopic (exact) mass is 207 g/mol. The van der Waals surface area contributed by atoms with Crippen molar-refractivity contribution in [3.63, 3.8) is 0 Å². The zero-order valence-electron chi connectivity index (χ0n) is 8.95. The van der Waals surface area contributed by atoms with Gasteiger partial charge in [0.2, 0.25) is 5.95 Å². The second-order valence-electron chi connectivity index (χ2n) is 3.90. The van der Waals surface area contributed by atoms with E-state index in [1.807, 2.05) is 6.92 Å². The maximum Gasteiger partial charge on any atom is 0.223 e. The number of aromatic nitrogens is 2. The first kappa shape index (κ1) is 10.2. The number of nitrogens with one attached hydrogen (secondary N) is 2. The third-order valence-electron chi connectivity index (χ3n) is 2.69. The van der Waals surface area contributed by atoms with Crippen molar-refractivity contribution in [2.45, 2.75) is 25.8 Å². The molecule has 0 unspecified atom stereocenters. The number of nitrogens with zero attached hydrogens (tertiary/aromatic N) is 2. The highest BCUT2D eigenvalue weighted by Crippen LogP contribution is 2.12. The Morgan fingerprint density at radius 3 is 2.87 bits per heavy atom. The van der Waals surface area contributed by atoms with Crippen molar-refractivity contribution in [1.82, 2.24) is 15.3 Å². The van der Waals surface area contributed by atoms with Crippen LogP contribution < -0.4 is 16.4 Å². The first-order valence-corrected chi connectivity index (χ1v) is 5.32. The molecule has 1 fully saturated rings. The van der Waals surface area contributed by atoms with Gasteiger partial charge in [-0.3, -0.25) is 0 Å². The minimum atomic E-state index is 0.481. The second-order valence-corrected chi connectivity index (χ2v) is 3.90. The van der Waals surface area contributed by atoms with Gasteiger partial charge in [-0.1, -0.05) is 0 Å². The number of aryl methyl sites for hydroxylation is 1. The SMILES string of the molecule is Cc1nc(NC2CCNCC2)ncc1N. The number of hydrogen-bond donors (Lipinski definition) is 3. The van der Waals surface area contributed by atoms with Crippen molar-refractivity contribution >= 4 is 11.6 Å². The number of nitrogens with two attached hydrogens (primary N) is 1. The van der Waals surface area contributed by atoms with Crippen LogP contribution in [0.4, 0.5) is 11.6 Å². The summed E-state index contributed by atoms with van der Waals surface area (Å²) >= 11 is 0. The number of anilines is 2. The molecule has 5 heteroatoms. The highest BCUT2D eigenvalue weighted by atomic mass is 15.1. The van der Waals surface area contributed by atoms with Crippen molar-refractivity contribution in [2.75, 3.05) is 24.1 Å². The maximum absolute atomic E-state index is 5.66. The van der Waals surface area contributed by atoms with Crippen LogP contribution in [0.5, 0.6) is 0 Å². The third kappa shape index (κ3) is 2.56. The molecule has 15 heavy (non-hydrogen) atoms. The molecule has 0 aliphatic carbocycles. The van der Waals surface area contributed by atoms with Crippen LogP contribution in [0.15, 0.2) is 6.20 Å². The summed E-state index contributed by atoms with van der Waals surface area (Å²) in [7, 11) is 0. The van der Waals surface area contributed by atoms with Crippen LogP contribution in [0.25, 0.3) is 0 Å². The Balaban J connectivity index is 2.00. The maximum atomic E-state index is 5.66. The van der Waals surface area contributed by atoms with E-state index >= 15 is 0 Å². The van der Waals surface area contributed by atoms with Gasteiger partial charge in [0.1, 0.15) is 0 Å². The largest absolute Gasteiger partial charge is 0.396 e. The van der Waals surface area contributed by atoms with E-state index in [1.165, 1.54) is 0 Å². The fraction of sp³-hybridized carbons (Fsp3) is 0.600. The Morgan fingerprint density at radius 1 is 1.47 bits per heavy atom. The molecule has 2 rings (SSSR count). The summed E-state index contributed by atoms with van der Waals surface area (Å²) in [6.07, 6.45) is 3.89. The predicted molar refractivity (Wildman–Crippen MR) is 60.7 cm³/mol. The minimum Gasteiger partial charge on any atom is -0.396 e. The molecule has 5 nitrogen and oxygen atoms in total. The number of nitrogen functional groups attached to an aromatic ring is 1. The lowest BCUT2D eigenvalue weighted by atomic mass is 10.1. The molecule has 1 saturated heterocycles. The lowest BCUT2D eigenvalue weighted by molar-refractivity contribution is 0.477. The van der Waals surface area contributed by atoms with E-state index in [0.29, 0.717) is 17.7 Å². The van der Waals surface area contributed by atoms with E-state index in [2.05, 4.69) is 20.6 Å². The molecule has 4 N–H and O–H groups in total. The van der Waals surface area contributed by atoms with Gasteiger partial charge in [-0.2, -0.15) is 0 Å². The molecule has 0 radical (unpaired) electrons. The van der Waals surface area contributed by atoms with Gasteiger partial charge in [-0.15, -0.1) is 0 Å². The molecular formula is C10H17N5. The van der Waals surface area contributed by atoms with E-state index in [0.717, 1.165) is 31.6 Å². The molecular weight excluding hydrogens is 190 g/mol. The molecule has 0 saturated carbocycles. The zero-order valence-corrected chi connectivity index (χ0v) is 8.95. The van der Waals surface area contributed by atoms with Crippen LogP contribution in [0, 0.1) is 6.92 Å². The first-order chi connectivity index (χ1) is 7.25. The van der Waals surface area contributed by atoms with E-state index in [1.54, 1.807) is 6.20 Å². The summed E-state index contributed by atoms with van der Waals surface area (Å²) < 4.78 is 0. The highest BCUT2D eigenvalue weighted by molar-refractivity contribution is 5.43. The van der Waals surface area contributed by atoms with Crippen molar-refractivity contribution in [1.29, 1.82) is 0 Å². The van der Waals surface area contributed by atoms with Gasteiger partial charge in [0.15, 0.2) is 0 Å². The van der Waals surface area contributed by atoms with Gasteiger partial charge in [0, 0.05) is 6.04 Å². The average molecular weight is 207 g/mol. The van der Waals surface area contributed by atoms with Gasteiger partial charge in [-0.25, -0.2) is 9.97 Å². The molecule has 0 amide bonds. The summed E-state index contributed by atoms with van der Waals surface area (Å²) in [6.45, 7) is 4.02. The lowest BCUT2D eigenvalue weighted by Gasteiger charge is -2.23. The molecule has 0 spiro atoms.